The summed E-state index contributed by atoms with van der Waals surface area (Å²) in [6.07, 6.45) is 0.273. The van der Waals surface area contributed by atoms with Crippen LogP contribution in [0.25, 0.3) is 10.9 Å². The molecule has 1 aromatic heterocycles. The number of carbonyl (C=O) groups is 1. The molecular formula is C12H15N3O2. The third-order valence-electron chi connectivity index (χ3n) is 2.91. The van der Waals surface area contributed by atoms with Crippen molar-refractivity contribution in [2.45, 2.75) is 19.4 Å². The van der Waals surface area contributed by atoms with Gasteiger partial charge in [0.1, 0.15) is 6.04 Å². The number of carboxylic acid groups (broad SMARTS) is 1. The van der Waals surface area contributed by atoms with E-state index in [-0.39, 0.29) is 6.42 Å². The van der Waals surface area contributed by atoms with Gasteiger partial charge in [0.2, 0.25) is 0 Å². The SMILES string of the molecule is Cc1[nH]c2cccc(N)c2c1CC(N)C(=O)O. The van der Waals surface area contributed by atoms with Gasteiger partial charge in [-0.1, -0.05) is 6.07 Å². The van der Waals surface area contributed by atoms with Crippen molar-refractivity contribution in [2.75, 3.05) is 5.73 Å². The van der Waals surface area contributed by atoms with Crippen molar-refractivity contribution < 1.29 is 9.90 Å². The zero-order valence-electron chi connectivity index (χ0n) is 9.53. The lowest BCUT2D eigenvalue weighted by atomic mass is 10.0. The zero-order valence-corrected chi connectivity index (χ0v) is 9.53. The first-order chi connectivity index (χ1) is 8.00. The van der Waals surface area contributed by atoms with Crippen molar-refractivity contribution in [2.24, 2.45) is 5.73 Å². The molecule has 0 bridgehead atoms. The molecule has 2 rings (SSSR count). The lowest BCUT2D eigenvalue weighted by molar-refractivity contribution is -0.138. The summed E-state index contributed by atoms with van der Waals surface area (Å²) in [7, 11) is 0. The van der Waals surface area contributed by atoms with Crippen LogP contribution in [0.3, 0.4) is 0 Å². The van der Waals surface area contributed by atoms with Gasteiger partial charge < -0.3 is 21.6 Å². The molecule has 0 radical (unpaired) electrons. The molecule has 0 aliphatic carbocycles. The normalized spacial score (nSPS) is 12.8. The van der Waals surface area contributed by atoms with Gasteiger partial charge in [0, 0.05) is 28.7 Å². The second-order valence-electron chi connectivity index (χ2n) is 4.15. The topological polar surface area (TPSA) is 105 Å². The Balaban J connectivity index is 2.53. The Hall–Kier alpha value is -2.01. The Morgan fingerprint density at radius 2 is 2.24 bits per heavy atom. The van der Waals surface area contributed by atoms with Crippen LogP contribution >= 0.6 is 0 Å². The van der Waals surface area contributed by atoms with Gasteiger partial charge in [0.15, 0.2) is 0 Å². The molecule has 0 saturated carbocycles. The highest BCUT2D eigenvalue weighted by Crippen LogP contribution is 2.28. The second-order valence-corrected chi connectivity index (χ2v) is 4.15. The largest absolute Gasteiger partial charge is 0.480 e. The van der Waals surface area contributed by atoms with Gasteiger partial charge in [-0.15, -0.1) is 0 Å². The lowest BCUT2D eigenvalue weighted by Gasteiger charge is -2.07. The first-order valence-corrected chi connectivity index (χ1v) is 5.34. The summed E-state index contributed by atoms with van der Waals surface area (Å²) in [5.74, 6) is -1.01. The molecule has 5 heteroatoms. The summed E-state index contributed by atoms with van der Waals surface area (Å²) < 4.78 is 0. The molecule has 0 aliphatic rings. The summed E-state index contributed by atoms with van der Waals surface area (Å²) >= 11 is 0. The maximum Gasteiger partial charge on any atom is 0.320 e. The van der Waals surface area contributed by atoms with Gasteiger partial charge in [-0.05, 0) is 24.6 Å². The predicted molar refractivity (Wildman–Crippen MR) is 66.8 cm³/mol. The minimum atomic E-state index is -1.01. The van der Waals surface area contributed by atoms with E-state index < -0.39 is 12.0 Å². The second kappa shape index (κ2) is 4.10. The van der Waals surface area contributed by atoms with Crippen molar-refractivity contribution in [3.63, 3.8) is 0 Å². The van der Waals surface area contributed by atoms with Gasteiger partial charge in [0.25, 0.3) is 0 Å². The molecule has 90 valence electrons. The van der Waals surface area contributed by atoms with Gasteiger partial charge >= 0.3 is 5.97 Å². The number of nitrogens with two attached hydrogens (primary N) is 2. The van der Waals surface area contributed by atoms with Gasteiger partial charge in [-0.3, -0.25) is 4.79 Å². The number of H-pyrrole nitrogens is 1. The molecule has 0 amide bonds. The molecule has 1 heterocycles. The monoisotopic (exact) mass is 233 g/mol. The summed E-state index contributed by atoms with van der Waals surface area (Å²) in [4.78, 5) is 14.0. The number of aryl methyl sites for hydroxylation is 1. The Bertz CT molecular complexity index is 574. The summed E-state index contributed by atoms with van der Waals surface area (Å²) in [6.45, 7) is 1.89. The van der Waals surface area contributed by atoms with Crippen LogP contribution in [0.4, 0.5) is 5.69 Å². The molecule has 6 N–H and O–H groups in total. The summed E-state index contributed by atoms with van der Waals surface area (Å²) in [5, 5.41) is 9.72. The molecule has 0 spiro atoms. The van der Waals surface area contributed by atoms with E-state index in [4.69, 9.17) is 16.6 Å². The van der Waals surface area contributed by atoms with Crippen LogP contribution in [0.2, 0.25) is 0 Å². The molecule has 1 aromatic carbocycles. The fraction of sp³-hybridized carbons (Fsp3) is 0.250. The molecule has 0 fully saturated rings. The lowest BCUT2D eigenvalue weighted by Crippen LogP contribution is -2.32. The predicted octanol–water partition coefficient (Wildman–Crippen LogP) is 1.01. The minimum absolute atomic E-state index is 0.273. The Kier molecular flexibility index (Phi) is 2.77. The Labute approximate surface area is 98.4 Å². The van der Waals surface area contributed by atoms with E-state index in [2.05, 4.69) is 4.98 Å². The van der Waals surface area contributed by atoms with Crippen molar-refractivity contribution in [1.29, 1.82) is 0 Å². The summed E-state index contributed by atoms with van der Waals surface area (Å²) in [5.41, 5.74) is 14.8. The number of hydrogen-bond donors (Lipinski definition) is 4. The van der Waals surface area contributed by atoms with E-state index in [1.54, 1.807) is 6.07 Å². The molecule has 2 aromatic rings. The van der Waals surface area contributed by atoms with Gasteiger partial charge in [-0.25, -0.2) is 0 Å². The third-order valence-corrected chi connectivity index (χ3v) is 2.91. The zero-order chi connectivity index (χ0) is 12.6. The van der Waals surface area contributed by atoms with E-state index in [0.717, 1.165) is 22.2 Å². The maximum absolute atomic E-state index is 10.8. The van der Waals surface area contributed by atoms with Crippen LogP contribution < -0.4 is 11.5 Å². The number of fused-ring (bicyclic) bond motifs is 1. The average Bonchev–Trinajstić information content (AvgIpc) is 2.56. The van der Waals surface area contributed by atoms with Crippen LogP contribution in [0.1, 0.15) is 11.3 Å². The number of aromatic nitrogens is 1. The molecular weight excluding hydrogens is 218 g/mol. The fourth-order valence-corrected chi connectivity index (χ4v) is 2.04. The van der Waals surface area contributed by atoms with Crippen LogP contribution in [0.15, 0.2) is 18.2 Å². The van der Waals surface area contributed by atoms with Crippen molar-refractivity contribution in [3.8, 4) is 0 Å². The molecule has 1 unspecified atom stereocenters. The number of hydrogen-bond acceptors (Lipinski definition) is 3. The highest BCUT2D eigenvalue weighted by molar-refractivity contribution is 5.95. The summed E-state index contributed by atoms with van der Waals surface area (Å²) in [6, 6.07) is 4.65. The first kappa shape index (κ1) is 11.5. The van der Waals surface area contributed by atoms with E-state index in [1.807, 2.05) is 19.1 Å². The third kappa shape index (κ3) is 1.97. The number of benzene rings is 1. The molecule has 5 nitrogen and oxygen atoms in total. The van der Waals surface area contributed by atoms with Crippen LogP contribution in [0.5, 0.6) is 0 Å². The molecule has 0 saturated heterocycles. The number of anilines is 1. The number of nitrogens with one attached hydrogen (secondary N) is 1. The van der Waals surface area contributed by atoms with Crippen LogP contribution in [-0.4, -0.2) is 22.1 Å². The van der Waals surface area contributed by atoms with E-state index in [9.17, 15) is 4.79 Å². The Morgan fingerprint density at radius 3 is 2.88 bits per heavy atom. The van der Waals surface area contributed by atoms with E-state index >= 15 is 0 Å². The standard InChI is InChI=1S/C12H15N3O2/c1-6-7(5-9(14)12(16)17)11-8(13)3-2-4-10(11)15-6/h2-4,9,15H,5,13-14H2,1H3,(H,16,17). The average molecular weight is 233 g/mol. The number of carboxylic acids is 1. The smallest absolute Gasteiger partial charge is 0.320 e. The van der Waals surface area contributed by atoms with Gasteiger partial charge in [0.05, 0.1) is 0 Å². The number of nitrogen functional groups attached to an aromatic ring is 1. The minimum Gasteiger partial charge on any atom is -0.480 e. The number of rotatable bonds is 3. The maximum atomic E-state index is 10.8. The highest BCUT2D eigenvalue weighted by atomic mass is 16.4. The first-order valence-electron chi connectivity index (χ1n) is 5.34. The van der Waals surface area contributed by atoms with Gasteiger partial charge in [-0.2, -0.15) is 0 Å². The van der Waals surface area contributed by atoms with Crippen LogP contribution in [-0.2, 0) is 11.2 Å². The number of aromatic amines is 1. The molecule has 17 heavy (non-hydrogen) atoms. The molecule has 0 aliphatic heterocycles. The quantitative estimate of drug-likeness (QED) is 0.594. The molecule has 1 atom stereocenters. The van der Waals surface area contributed by atoms with Crippen molar-refractivity contribution in [3.05, 3.63) is 29.5 Å². The van der Waals surface area contributed by atoms with Crippen molar-refractivity contribution >= 4 is 22.6 Å². The van der Waals surface area contributed by atoms with E-state index in [0.29, 0.717) is 5.69 Å². The highest BCUT2D eigenvalue weighted by Gasteiger charge is 2.18. The fourth-order valence-electron chi connectivity index (χ4n) is 2.04. The Morgan fingerprint density at radius 1 is 1.53 bits per heavy atom. The number of aliphatic carboxylic acids is 1. The van der Waals surface area contributed by atoms with E-state index in [1.165, 1.54) is 0 Å². The van der Waals surface area contributed by atoms with Crippen LogP contribution in [0, 0.1) is 6.92 Å². The van der Waals surface area contributed by atoms with Crippen molar-refractivity contribution in [1.82, 2.24) is 4.98 Å².